The zero-order valence-electron chi connectivity index (χ0n) is 6.19. The largest absolute Gasteiger partial charge is 0.409 e. The summed E-state index contributed by atoms with van der Waals surface area (Å²) in [6, 6.07) is 0. The molecule has 0 atom stereocenters. The second kappa shape index (κ2) is 5.18. The predicted molar refractivity (Wildman–Crippen MR) is 35.7 cm³/mol. The topological polar surface area (TPSA) is 9.23 Å². The van der Waals surface area contributed by atoms with Gasteiger partial charge in [-0.15, -0.1) is 0 Å². The van der Waals surface area contributed by atoms with Crippen LogP contribution in [-0.4, -0.2) is 12.8 Å². The Bertz CT molecular complexity index is 117. The molecule has 11 heavy (non-hydrogen) atoms. The first kappa shape index (κ1) is 10.5. The molecule has 65 valence electrons. The third kappa shape index (κ3) is 9.49. The van der Waals surface area contributed by atoms with Crippen molar-refractivity contribution in [2.24, 2.45) is 0 Å². The minimum Gasteiger partial charge on any atom is -0.371 e. The molecule has 0 aromatic rings. The average Bonchev–Trinajstić information content (AvgIpc) is 1.85. The second-order valence-electron chi connectivity index (χ2n) is 1.85. The summed E-state index contributed by atoms with van der Waals surface area (Å²) in [7, 11) is 0. The summed E-state index contributed by atoms with van der Waals surface area (Å²) in [5.41, 5.74) is 0. The van der Waals surface area contributed by atoms with Gasteiger partial charge in [0.05, 0.1) is 13.2 Å². The number of hydrogen-bond acceptors (Lipinski definition) is 1. The molecule has 0 aliphatic heterocycles. The molecule has 1 radical (unpaired) electrons. The first-order chi connectivity index (χ1) is 5.06. The predicted octanol–water partition coefficient (Wildman–Crippen LogP) is 2.69. The van der Waals surface area contributed by atoms with Crippen molar-refractivity contribution in [2.45, 2.75) is 19.5 Å². The Morgan fingerprint density at radius 2 is 2.00 bits per heavy atom. The van der Waals surface area contributed by atoms with Crippen LogP contribution in [0, 0.1) is 6.61 Å². The van der Waals surface area contributed by atoms with Gasteiger partial charge in [0.25, 0.3) is 0 Å². The van der Waals surface area contributed by atoms with E-state index in [-0.39, 0.29) is 12.7 Å². The summed E-state index contributed by atoms with van der Waals surface area (Å²) >= 11 is 0. The molecule has 0 aliphatic carbocycles. The number of alkyl halides is 3. The molecule has 0 bridgehead atoms. The van der Waals surface area contributed by atoms with Gasteiger partial charge in [0.2, 0.25) is 0 Å². The van der Waals surface area contributed by atoms with Gasteiger partial charge in [-0.25, -0.2) is 0 Å². The lowest BCUT2D eigenvalue weighted by Crippen LogP contribution is -2.01. The van der Waals surface area contributed by atoms with Gasteiger partial charge in [-0.3, -0.25) is 0 Å². The second-order valence-corrected chi connectivity index (χ2v) is 1.85. The van der Waals surface area contributed by atoms with Crippen molar-refractivity contribution in [3.63, 3.8) is 0 Å². The molecular weight excluding hydrogens is 157 g/mol. The third-order valence-electron chi connectivity index (χ3n) is 0.784. The highest BCUT2D eigenvalue weighted by Crippen LogP contribution is 2.15. The molecule has 0 saturated heterocycles. The fraction of sp³-hybridized carbons (Fsp3) is 0.571. The average molecular weight is 167 g/mol. The van der Waals surface area contributed by atoms with E-state index in [2.05, 4.69) is 4.74 Å². The van der Waals surface area contributed by atoms with Crippen LogP contribution in [0.25, 0.3) is 0 Å². The van der Waals surface area contributed by atoms with Crippen LogP contribution >= 0.6 is 0 Å². The van der Waals surface area contributed by atoms with Crippen LogP contribution < -0.4 is 0 Å². The lowest BCUT2D eigenvalue weighted by molar-refractivity contribution is -0.0802. The van der Waals surface area contributed by atoms with Gasteiger partial charge in [0.15, 0.2) is 0 Å². The van der Waals surface area contributed by atoms with Crippen LogP contribution in [0.4, 0.5) is 13.2 Å². The molecule has 0 aliphatic rings. The first-order valence-corrected chi connectivity index (χ1v) is 3.24. The zero-order valence-corrected chi connectivity index (χ0v) is 6.19. The van der Waals surface area contributed by atoms with Crippen LogP contribution in [0.15, 0.2) is 12.2 Å². The van der Waals surface area contributed by atoms with E-state index in [1.165, 1.54) is 6.61 Å². The molecular formula is C7H10F3O. The summed E-state index contributed by atoms with van der Waals surface area (Å²) in [6.45, 7) is 3.28. The number of hydrogen-bond donors (Lipinski definition) is 0. The molecule has 0 aromatic heterocycles. The Kier molecular flexibility index (Phi) is 4.94. The fourth-order valence-electron chi connectivity index (χ4n) is 0.423. The van der Waals surface area contributed by atoms with Crippen molar-refractivity contribution >= 4 is 0 Å². The van der Waals surface area contributed by atoms with Crippen molar-refractivity contribution in [2.75, 3.05) is 6.61 Å². The molecule has 0 fully saturated rings. The molecule has 0 aromatic carbocycles. The Balaban J connectivity index is 3.30. The molecule has 0 spiro atoms. The smallest absolute Gasteiger partial charge is 0.371 e. The monoisotopic (exact) mass is 167 g/mol. The molecule has 0 N–H and O–H groups in total. The number of halogens is 3. The number of ether oxygens (including phenoxy) is 1. The van der Waals surface area contributed by atoms with Gasteiger partial charge in [0, 0.05) is 6.08 Å². The maximum absolute atomic E-state index is 11.4. The Labute approximate surface area is 63.8 Å². The van der Waals surface area contributed by atoms with E-state index in [0.29, 0.717) is 6.42 Å². The van der Waals surface area contributed by atoms with Crippen LogP contribution in [-0.2, 0) is 4.74 Å². The molecule has 0 saturated carbocycles. The van der Waals surface area contributed by atoms with E-state index in [9.17, 15) is 13.2 Å². The normalized spacial score (nSPS) is 12.7. The fourth-order valence-corrected chi connectivity index (χ4v) is 0.423. The minimum atomic E-state index is -4.23. The van der Waals surface area contributed by atoms with Crippen LogP contribution in [0.1, 0.15) is 13.3 Å². The van der Waals surface area contributed by atoms with Gasteiger partial charge in [-0.1, -0.05) is 13.0 Å². The van der Waals surface area contributed by atoms with E-state index >= 15 is 0 Å². The summed E-state index contributed by atoms with van der Waals surface area (Å²) in [5, 5.41) is 0. The summed E-state index contributed by atoms with van der Waals surface area (Å²) in [5.74, 6) is 0. The van der Waals surface area contributed by atoms with Crippen LogP contribution in [0.3, 0.4) is 0 Å². The standard InChI is InChI=1S/C7H10F3O/c1-2-5-11-6-3-4-7(8,9)10/h3-5H,2,6H2,1H3/b4-3+. The lowest BCUT2D eigenvalue weighted by atomic mass is 10.5. The van der Waals surface area contributed by atoms with Crippen LogP contribution in [0.2, 0.25) is 0 Å². The van der Waals surface area contributed by atoms with Gasteiger partial charge in [-0.05, 0) is 6.42 Å². The van der Waals surface area contributed by atoms with E-state index in [1.807, 2.05) is 6.92 Å². The Hall–Kier alpha value is -0.510. The molecule has 0 amide bonds. The zero-order chi connectivity index (χ0) is 8.74. The van der Waals surface area contributed by atoms with Gasteiger partial charge in [0.1, 0.15) is 0 Å². The molecule has 0 unspecified atom stereocenters. The van der Waals surface area contributed by atoms with Crippen molar-refractivity contribution < 1.29 is 17.9 Å². The number of allylic oxidation sites excluding steroid dienone is 1. The summed E-state index contributed by atoms with van der Waals surface area (Å²) in [6.07, 6.45) is -2.43. The quantitative estimate of drug-likeness (QED) is 0.462. The van der Waals surface area contributed by atoms with Crippen molar-refractivity contribution in [1.82, 2.24) is 0 Å². The Morgan fingerprint density at radius 3 is 2.45 bits per heavy atom. The maximum atomic E-state index is 11.4. The minimum absolute atomic E-state index is 0.0205. The first-order valence-electron chi connectivity index (χ1n) is 3.24. The Morgan fingerprint density at radius 1 is 1.36 bits per heavy atom. The van der Waals surface area contributed by atoms with Gasteiger partial charge < -0.3 is 4.74 Å². The molecule has 4 heteroatoms. The van der Waals surface area contributed by atoms with Gasteiger partial charge >= 0.3 is 6.18 Å². The number of rotatable bonds is 4. The van der Waals surface area contributed by atoms with Crippen LogP contribution in [0.5, 0.6) is 0 Å². The van der Waals surface area contributed by atoms with E-state index in [1.54, 1.807) is 0 Å². The third-order valence-corrected chi connectivity index (χ3v) is 0.784. The molecule has 0 rings (SSSR count). The van der Waals surface area contributed by atoms with Crippen molar-refractivity contribution in [3.8, 4) is 0 Å². The highest BCUT2D eigenvalue weighted by atomic mass is 19.4. The summed E-state index contributed by atoms with van der Waals surface area (Å²) < 4.78 is 38.9. The molecule has 1 nitrogen and oxygen atoms in total. The van der Waals surface area contributed by atoms with E-state index in [0.717, 1.165) is 6.08 Å². The highest BCUT2D eigenvalue weighted by Gasteiger charge is 2.21. The molecule has 0 heterocycles. The highest BCUT2D eigenvalue weighted by molar-refractivity contribution is 4.88. The van der Waals surface area contributed by atoms with Gasteiger partial charge in [-0.2, -0.15) is 13.2 Å². The lowest BCUT2D eigenvalue weighted by Gasteiger charge is -1.98. The van der Waals surface area contributed by atoms with Crippen molar-refractivity contribution in [3.05, 3.63) is 18.8 Å². The van der Waals surface area contributed by atoms with E-state index < -0.39 is 6.18 Å². The maximum Gasteiger partial charge on any atom is 0.409 e. The van der Waals surface area contributed by atoms with E-state index in [4.69, 9.17) is 0 Å². The summed E-state index contributed by atoms with van der Waals surface area (Å²) in [4.78, 5) is 0. The van der Waals surface area contributed by atoms with Crippen molar-refractivity contribution in [1.29, 1.82) is 0 Å². The SMILES string of the molecule is CC[CH]OC/C=C/C(F)(F)F.